The summed E-state index contributed by atoms with van der Waals surface area (Å²) in [7, 11) is -1.72. The lowest BCUT2D eigenvalue weighted by molar-refractivity contribution is 0.452. The van der Waals surface area contributed by atoms with E-state index >= 15 is 0 Å². The van der Waals surface area contributed by atoms with E-state index in [2.05, 4.69) is 4.72 Å². The second kappa shape index (κ2) is 6.80. The molecule has 3 N–H and O–H groups in total. The van der Waals surface area contributed by atoms with Crippen LogP contribution in [0, 0.1) is 0 Å². The van der Waals surface area contributed by atoms with E-state index in [1.54, 1.807) is 7.05 Å². The standard InChI is InChI=1S/C9H21N3O2S2/c1-12(6-3-5-10)16(13,14)11-8-9-4-2-7-15-9/h9,11H,2-8,10H2,1H3. The highest BCUT2D eigenvalue weighted by Gasteiger charge is 2.21. The molecule has 5 nitrogen and oxygen atoms in total. The van der Waals surface area contributed by atoms with E-state index in [1.807, 2.05) is 11.8 Å². The summed E-state index contributed by atoms with van der Waals surface area (Å²) in [6.07, 6.45) is 3.00. The molecule has 0 bridgehead atoms. The fourth-order valence-electron chi connectivity index (χ4n) is 1.55. The van der Waals surface area contributed by atoms with Gasteiger partial charge in [0.15, 0.2) is 0 Å². The van der Waals surface area contributed by atoms with Crippen molar-refractivity contribution in [2.24, 2.45) is 5.73 Å². The van der Waals surface area contributed by atoms with Crippen LogP contribution in [0.5, 0.6) is 0 Å². The third-order valence-corrected chi connectivity index (χ3v) is 5.54. The quantitative estimate of drug-likeness (QED) is 0.681. The van der Waals surface area contributed by atoms with Crippen molar-refractivity contribution in [3.63, 3.8) is 0 Å². The molecule has 0 aromatic rings. The molecule has 0 aromatic carbocycles. The number of nitrogens with two attached hydrogens (primary N) is 1. The van der Waals surface area contributed by atoms with Crippen molar-refractivity contribution in [2.45, 2.75) is 24.5 Å². The van der Waals surface area contributed by atoms with Gasteiger partial charge in [-0.3, -0.25) is 0 Å². The summed E-state index contributed by atoms with van der Waals surface area (Å²) in [6, 6.07) is 0. The minimum Gasteiger partial charge on any atom is -0.330 e. The zero-order valence-corrected chi connectivity index (χ0v) is 11.3. The van der Waals surface area contributed by atoms with Gasteiger partial charge in [-0.1, -0.05) is 0 Å². The molecule has 1 unspecified atom stereocenters. The topological polar surface area (TPSA) is 75.4 Å². The molecule has 0 radical (unpaired) electrons. The summed E-state index contributed by atoms with van der Waals surface area (Å²) in [6.45, 7) is 1.53. The van der Waals surface area contributed by atoms with Gasteiger partial charge >= 0.3 is 0 Å². The fourth-order valence-corrected chi connectivity index (χ4v) is 3.86. The average molecular weight is 267 g/mol. The molecular formula is C9H21N3O2S2. The monoisotopic (exact) mass is 267 g/mol. The fraction of sp³-hybridized carbons (Fsp3) is 1.00. The lowest BCUT2D eigenvalue weighted by Gasteiger charge is -2.18. The maximum Gasteiger partial charge on any atom is 0.279 e. The van der Waals surface area contributed by atoms with E-state index in [-0.39, 0.29) is 0 Å². The zero-order valence-electron chi connectivity index (χ0n) is 9.68. The third kappa shape index (κ3) is 4.58. The Morgan fingerprint density at radius 3 is 2.88 bits per heavy atom. The molecule has 1 atom stereocenters. The van der Waals surface area contributed by atoms with Crippen LogP contribution >= 0.6 is 11.8 Å². The molecule has 7 heteroatoms. The first-order valence-electron chi connectivity index (χ1n) is 5.59. The van der Waals surface area contributed by atoms with Crippen LogP contribution in [0.3, 0.4) is 0 Å². The first-order chi connectivity index (χ1) is 7.56. The molecule has 96 valence electrons. The third-order valence-electron chi connectivity index (χ3n) is 2.60. The van der Waals surface area contributed by atoms with Crippen LogP contribution in [-0.2, 0) is 10.2 Å². The van der Waals surface area contributed by atoms with Gasteiger partial charge in [-0.05, 0) is 31.6 Å². The van der Waals surface area contributed by atoms with Gasteiger partial charge in [0.05, 0.1) is 0 Å². The number of thioether (sulfide) groups is 1. The van der Waals surface area contributed by atoms with Gasteiger partial charge in [-0.15, -0.1) is 0 Å². The van der Waals surface area contributed by atoms with Gasteiger partial charge < -0.3 is 5.73 Å². The molecule has 1 rings (SSSR count). The van der Waals surface area contributed by atoms with Gasteiger partial charge in [-0.25, -0.2) is 4.72 Å². The first kappa shape index (κ1) is 14.2. The second-order valence-electron chi connectivity index (χ2n) is 3.95. The highest BCUT2D eigenvalue weighted by Crippen LogP contribution is 2.25. The van der Waals surface area contributed by atoms with Gasteiger partial charge in [0.2, 0.25) is 0 Å². The summed E-state index contributed by atoms with van der Waals surface area (Å²) in [5, 5.41) is 0.442. The molecule has 0 spiro atoms. The Kier molecular flexibility index (Phi) is 6.06. The van der Waals surface area contributed by atoms with Gasteiger partial charge in [0.25, 0.3) is 10.2 Å². The molecule has 1 fully saturated rings. The number of nitrogens with zero attached hydrogens (tertiary/aromatic N) is 1. The molecule has 1 aliphatic heterocycles. The van der Waals surface area contributed by atoms with Crippen LogP contribution in [0.4, 0.5) is 0 Å². The molecule has 0 amide bonds. The van der Waals surface area contributed by atoms with Gasteiger partial charge in [-0.2, -0.15) is 24.5 Å². The van der Waals surface area contributed by atoms with Crippen LogP contribution in [0.25, 0.3) is 0 Å². The Hall–Kier alpha value is 0.180. The van der Waals surface area contributed by atoms with Crippen LogP contribution in [0.1, 0.15) is 19.3 Å². The first-order valence-corrected chi connectivity index (χ1v) is 8.07. The Labute approximate surface area is 102 Å². The smallest absolute Gasteiger partial charge is 0.279 e. The van der Waals surface area contributed by atoms with Crippen molar-refractivity contribution in [1.82, 2.24) is 9.03 Å². The van der Waals surface area contributed by atoms with Crippen molar-refractivity contribution >= 4 is 22.0 Å². The molecule has 1 heterocycles. The van der Waals surface area contributed by atoms with E-state index in [0.29, 0.717) is 31.3 Å². The van der Waals surface area contributed by atoms with Gasteiger partial charge in [0, 0.05) is 25.4 Å². The van der Waals surface area contributed by atoms with Crippen LogP contribution in [0.15, 0.2) is 0 Å². The maximum atomic E-state index is 11.8. The highest BCUT2D eigenvalue weighted by molar-refractivity contribution is 8.00. The highest BCUT2D eigenvalue weighted by atomic mass is 32.2. The summed E-state index contributed by atoms with van der Waals surface area (Å²) in [5.41, 5.74) is 5.35. The lowest BCUT2D eigenvalue weighted by Crippen LogP contribution is -2.41. The second-order valence-corrected chi connectivity index (χ2v) is 7.22. The van der Waals surface area contributed by atoms with Crippen molar-refractivity contribution in [2.75, 3.05) is 32.4 Å². The molecule has 0 aromatic heterocycles. The van der Waals surface area contributed by atoms with Crippen molar-refractivity contribution in [3.05, 3.63) is 0 Å². The van der Waals surface area contributed by atoms with Crippen molar-refractivity contribution < 1.29 is 8.42 Å². The number of hydrogen-bond acceptors (Lipinski definition) is 4. The average Bonchev–Trinajstić information content (AvgIpc) is 2.76. The van der Waals surface area contributed by atoms with E-state index in [1.165, 1.54) is 10.7 Å². The molecule has 0 aliphatic carbocycles. The normalized spacial score (nSPS) is 21.8. The van der Waals surface area contributed by atoms with Crippen molar-refractivity contribution in [3.8, 4) is 0 Å². The predicted molar refractivity (Wildman–Crippen MR) is 68.7 cm³/mol. The Bertz CT molecular complexity index is 289. The minimum atomic E-state index is -3.31. The summed E-state index contributed by atoms with van der Waals surface area (Å²) < 4.78 is 27.5. The number of hydrogen-bond donors (Lipinski definition) is 2. The Morgan fingerprint density at radius 1 is 1.56 bits per heavy atom. The lowest BCUT2D eigenvalue weighted by atomic mass is 10.2. The molecule has 1 aliphatic rings. The maximum absolute atomic E-state index is 11.8. The Balaban J connectivity index is 2.32. The zero-order chi connectivity index (χ0) is 12.0. The SMILES string of the molecule is CN(CCCN)S(=O)(=O)NCC1CCCS1. The Morgan fingerprint density at radius 2 is 2.31 bits per heavy atom. The minimum absolute atomic E-state index is 0.442. The number of nitrogens with one attached hydrogen (secondary N) is 1. The van der Waals surface area contributed by atoms with Gasteiger partial charge in [0.1, 0.15) is 0 Å². The molecular weight excluding hydrogens is 246 g/mol. The summed E-state index contributed by atoms with van der Waals surface area (Å²) in [4.78, 5) is 0. The van der Waals surface area contributed by atoms with E-state index in [4.69, 9.17) is 5.73 Å². The largest absolute Gasteiger partial charge is 0.330 e. The molecule has 1 saturated heterocycles. The van der Waals surface area contributed by atoms with Crippen LogP contribution < -0.4 is 10.5 Å². The van der Waals surface area contributed by atoms with E-state index in [9.17, 15) is 8.42 Å². The molecule has 16 heavy (non-hydrogen) atoms. The van der Waals surface area contributed by atoms with E-state index in [0.717, 1.165) is 12.2 Å². The van der Waals surface area contributed by atoms with Crippen LogP contribution in [-0.4, -0.2) is 50.4 Å². The van der Waals surface area contributed by atoms with E-state index < -0.39 is 10.2 Å². The predicted octanol–water partition coefficient (Wildman–Crippen LogP) is -0.00300. The number of rotatable bonds is 7. The van der Waals surface area contributed by atoms with Crippen molar-refractivity contribution in [1.29, 1.82) is 0 Å². The summed E-state index contributed by atoms with van der Waals surface area (Å²) in [5.74, 6) is 1.15. The summed E-state index contributed by atoms with van der Waals surface area (Å²) >= 11 is 1.85. The van der Waals surface area contributed by atoms with Crippen LogP contribution in [0.2, 0.25) is 0 Å². The molecule has 0 saturated carbocycles.